The van der Waals surface area contributed by atoms with Crippen molar-refractivity contribution >= 4 is 57.8 Å². The Balaban J connectivity index is 1.96. The Morgan fingerprint density at radius 3 is 2.74 bits per heavy atom. The molecule has 2 aromatic rings. The Hall–Kier alpha value is -2.92. The molecule has 0 saturated carbocycles. The minimum atomic E-state index is -0.663. The van der Waals surface area contributed by atoms with Crippen molar-refractivity contribution in [3.8, 4) is 11.5 Å². The van der Waals surface area contributed by atoms with Gasteiger partial charge in [-0.2, -0.15) is 0 Å². The van der Waals surface area contributed by atoms with Crippen molar-refractivity contribution in [2.75, 3.05) is 13.2 Å². The zero-order valence-electron chi connectivity index (χ0n) is 16.3. The molecule has 10 heteroatoms. The number of esters is 1. The van der Waals surface area contributed by atoms with E-state index < -0.39 is 10.9 Å². The van der Waals surface area contributed by atoms with Gasteiger partial charge in [0.1, 0.15) is 6.61 Å². The van der Waals surface area contributed by atoms with Crippen LogP contribution >= 0.6 is 34.2 Å². The average Bonchev–Trinajstić information content (AvgIpc) is 3.07. The maximum atomic E-state index is 12.3. The van der Waals surface area contributed by atoms with Crippen LogP contribution in [0, 0.1) is 13.7 Å². The molecule has 0 aromatic heterocycles. The summed E-state index contributed by atoms with van der Waals surface area (Å²) in [6.07, 6.45) is 3.19. The van der Waals surface area contributed by atoms with Gasteiger partial charge in [0.25, 0.3) is 5.69 Å². The number of nitrogens with zero attached hydrogens (tertiary/aromatic N) is 2. The van der Waals surface area contributed by atoms with Crippen molar-refractivity contribution in [2.45, 2.75) is 6.92 Å². The number of rotatable bonds is 8. The van der Waals surface area contributed by atoms with Crippen molar-refractivity contribution in [2.24, 2.45) is 4.99 Å². The van der Waals surface area contributed by atoms with E-state index in [9.17, 15) is 14.9 Å². The van der Waals surface area contributed by atoms with Crippen LogP contribution in [-0.2, 0) is 9.53 Å². The summed E-state index contributed by atoms with van der Waals surface area (Å²) < 4.78 is 17.3. The topological polar surface area (TPSA) is 100 Å². The standard InChI is InChI=1S/C21H16ClIN2O6/c1-3-7-30-19-16(23)8-12(10-18(19)29-4-2)9-17-21(26)31-20(24-17)14-6-5-13(25(27)28)11-15(14)22/h3,5-6,8-11H,1,4,7H2,2H3/b17-9-. The molecule has 0 aliphatic carbocycles. The van der Waals surface area contributed by atoms with E-state index in [1.54, 1.807) is 18.2 Å². The van der Waals surface area contributed by atoms with E-state index in [-0.39, 0.29) is 27.9 Å². The molecule has 0 spiro atoms. The minimum Gasteiger partial charge on any atom is -0.490 e. The van der Waals surface area contributed by atoms with E-state index in [2.05, 4.69) is 34.2 Å². The molecule has 0 fully saturated rings. The highest BCUT2D eigenvalue weighted by Gasteiger charge is 2.27. The van der Waals surface area contributed by atoms with Gasteiger partial charge in [0.15, 0.2) is 17.2 Å². The van der Waals surface area contributed by atoms with Crippen LogP contribution < -0.4 is 9.47 Å². The van der Waals surface area contributed by atoms with Gasteiger partial charge in [0.05, 0.1) is 25.7 Å². The second-order valence-electron chi connectivity index (χ2n) is 6.12. The molecule has 1 heterocycles. The predicted octanol–water partition coefficient (Wildman–Crippen LogP) is 5.16. The fourth-order valence-corrected chi connectivity index (χ4v) is 3.73. The number of aliphatic imine (C=N–C) groups is 1. The number of nitro benzene ring substituents is 1. The molecule has 0 N–H and O–H groups in total. The largest absolute Gasteiger partial charge is 0.490 e. The summed E-state index contributed by atoms with van der Waals surface area (Å²) >= 11 is 8.23. The Bertz CT molecular complexity index is 1130. The first-order valence-corrected chi connectivity index (χ1v) is 10.5. The molecule has 160 valence electrons. The van der Waals surface area contributed by atoms with Crippen LogP contribution in [-0.4, -0.2) is 30.0 Å². The van der Waals surface area contributed by atoms with Crippen LogP contribution in [0.3, 0.4) is 0 Å². The van der Waals surface area contributed by atoms with Gasteiger partial charge in [-0.15, -0.1) is 0 Å². The second-order valence-corrected chi connectivity index (χ2v) is 7.69. The zero-order valence-corrected chi connectivity index (χ0v) is 19.2. The van der Waals surface area contributed by atoms with E-state index >= 15 is 0 Å². The molecule has 8 nitrogen and oxygen atoms in total. The molecule has 2 aromatic carbocycles. The van der Waals surface area contributed by atoms with Gasteiger partial charge in [-0.3, -0.25) is 10.1 Å². The first-order valence-electron chi connectivity index (χ1n) is 9.01. The molecule has 0 radical (unpaired) electrons. The van der Waals surface area contributed by atoms with Gasteiger partial charge in [-0.25, -0.2) is 9.79 Å². The summed E-state index contributed by atoms with van der Waals surface area (Å²) in [7, 11) is 0. The number of ether oxygens (including phenoxy) is 3. The van der Waals surface area contributed by atoms with Gasteiger partial charge in [-0.1, -0.05) is 24.3 Å². The second kappa shape index (κ2) is 9.92. The van der Waals surface area contributed by atoms with Crippen LogP contribution in [0.15, 0.2) is 53.7 Å². The van der Waals surface area contributed by atoms with Crippen molar-refractivity contribution in [3.05, 3.63) is 78.5 Å². The van der Waals surface area contributed by atoms with Crippen molar-refractivity contribution in [1.29, 1.82) is 0 Å². The quantitative estimate of drug-likeness (QED) is 0.112. The minimum absolute atomic E-state index is 0.0261. The van der Waals surface area contributed by atoms with Crippen molar-refractivity contribution in [1.82, 2.24) is 0 Å². The molecular formula is C21H16ClIN2O6. The Kier molecular flexibility index (Phi) is 7.29. The lowest BCUT2D eigenvalue weighted by Crippen LogP contribution is -2.06. The third-order valence-corrected chi connectivity index (χ3v) is 5.11. The van der Waals surface area contributed by atoms with E-state index in [1.165, 1.54) is 18.2 Å². The third-order valence-electron chi connectivity index (χ3n) is 4.00. The molecule has 31 heavy (non-hydrogen) atoms. The molecule has 3 rings (SSSR count). The normalized spacial score (nSPS) is 14.2. The van der Waals surface area contributed by atoms with Crippen molar-refractivity contribution in [3.63, 3.8) is 0 Å². The molecule has 1 aliphatic heterocycles. The maximum absolute atomic E-state index is 12.3. The van der Waals surface area contributed by atoms with Gasteiger partial charge in [-0.05, 0) is 59.4 Å². The summed E-state index contributed by atoms with van der Waals surface area (Å²) in [4.78, 5) is 26.8. The maximum Gasteiger partial charge on any atom is 0.363 e. The number of hydrogen-bond acceptors (Lipinski definition) is 7. The number of halogens is 2. The van der Waals surface area contributed by atoms with E-state index in [0.29, 0.717) is 30.3 Å². The van der Waals surface area contributed by atoms with Crippen molar-refractivity contribution < 1.29 is 23.9 Å². The van der Waals surface area contributed by atoms with E-state index in [0.717, 1.165) is 3.57 Å². The Morgan fingerprint density at radius 2 is 2.10 bits per heavy atom. The van der Waals surface area contributed by atoms with Gasteiger partial charge in [0.2, 0.25) is 5.90 Å². The molecule has 0 atom stereocenters. The zero-order chi connectivity index (χ0) is 22.5. The number of non-ortho nitro benzene ring substituents is 1. The molecule has 1 aliphatic rings. The molecule has 0 unspecified atom stereocenters. The van der Waals surface area contributed by atoms with Crippen LogP contribution in [0.2, 0.25) is 5.02 Å². The number of cyclic esters (lactones) is 1. The van der Waals surface area contributed by atoms with E-state index in [4.69, 9.17) is 25.8 Å². The summed E-state index contributed by atoms with van der Waals surface area (Å²) in [6, 6.07) is 7.37. The molecule has 0 bridgehead atoms. The summed E-state index contributed by atoms with van der Waals surface area (Å²) in [5.74, 6) is 0.420. The average molecular weight is 555 g/mol. The summed E-state index contributed by atoms with van der Waals surface area (Å²) in [5.41, 5.74) is 0.820. The van der Waals surface area contributed by atoms with Crippen LogP contribution in [0.4, 0.5) is 5.69 Å². The lowest BCUT2D eigenvalue weighted by atomic mass is 10.1. The highest BCUT2D eigenvalue weighted by atomic mass is 127. The van der Waals surface area contributed by atoms with Crippen LogP contribution in [0.1, 0.15) is 18.1 Å². The van der Waals surface area contributed by atoms with Gasteiger partial charge in [0, 0.05) is 12.1 Å². The van der Waals surface area contributed by atoms with E-state index in [1.807, 2.05) is 13.0 Å². The highest BCUT2D eigenvalue weighted by molar-refractivity contribution is 14.1. The van der Waals surface area contributed by atoms with Gasteiger partial charge >= 0.3 is 5.97 Å². The number of nitro groups is 1. The Morgan fingerprint density at radius 1 is 1.32 bits per heavy atom. The number of carbonyl (C=O) groups excluding carboxylic acids is 1. The highest BCUT2D eigenvalue weighted by Crippen LogP contribution is 2.35. The fourth-order valence-electron chi connectivity index (χ4n) is 2.69. The lowest BCUT2D eigenvalue weighted by molar-refractivity contribution is -0.384. The molecule has 0 amide bonds. The summed E-state index contributed by atoms with van der Waals surface area (Å²) in [6.45, 7) is 6.26. The molecular weight excluding hydrogens is 539 g/mol. The number of carbonyl (C=O) groups is 1. The predicted molar refractivity (Wildman–Crippen MR) is 125 cm³/mol. The molecule has 0 saturated heterocycles. The lowest BCUT2D eigenvalue weighted by Gasteiger charge is -2.13. The van der Waals surface area contributed by atoms with Crippen LogP contribution in [0.5, 0.6) is 11.5 Å². The SMILES string of the molecule is C=CCOc1c(I)cc(/C=C2\N=C(c3ccc([N+](=O)[O-])cc3Cl)OC2=O)cc1OCC. The van der Waals surface area contributed by atoms with Gasteiger partial charge < -0.3 is 14.2 Å². The Labute approximate surface area is 196 Å². The van der Waals surface area contributed by atoms with Crippen LogP contribution in [0.25, 0.3) is 6.08 Å². The summed E-state index contributed by atoms with van der Waals surface area (Å²) in [5, 5.41) is 10.9. The first kappa shape index (κ1) is 22.8. The first-order chi connectivity index (χ1) is 14.8. The third kappa shape index (κ3) is 5.23. The monoisotopic (exact) mass is 554 g/mol. The number of hydrogen-bond donors (Lipinski definition) is 0. The smallest absolute Gasteiger partial charge is 0.363 e. The number of benzene rings is 2. The fraction of sp³-hybridized carbons (Fsp3) is 0.143.